The van der Waals surface area contributed by atoms with E-state index in [9.17, 15) is 4.79 Å². The average Bonchev–Trinajstić information content (AvgIpc) is 2.59. The molecule has 0 saturated carbocycles. The second-order valence-electron chi connectivity index (χ2n) is 5.96. The van der Waals surface area contributed by atoms with Crippen molar-refractivity contribution >= 4 is 5.91 Å². The normalized spacial score (nSPS) is 14.4. The van der Waals surface area contributed by atoms with Crippen molar-refractivity contribution in [3.05, 3.63) is 17.0 Å². The van der Waals surface area contributed by atoms with E-state index in [0.717, 1.165) is 11.4 Å². The Morgan fingerprint density at radius 3 is 2.30 bits per heavy atom. The summed E-state index contributed by atoms with van der Waals surface area (Å²) in [5.74, 6) is 0.510. The van der Waals surface area contributed by atoms with Gasteiger partial charge in [-0.1, -0.05) is 13.8 Å². The van der Waals surface area contributed by atoms with Crippen LogP contribution in [0.5, 0.6) is 0 Å². The van der Waals surface area contributed by atoms with Gasteiger partial charge in [0.15, 0.2) is 0 Å². The van der Waals surface area contributed by atoms with Crippen LogP contribution in [0.4, 0.5) is 0 Å². The third-order valence-electron chi connectivity index (χ3n) is 3.58. The molecule has 5 heteroatoms. The highest BCUT2D eigenvalue weighted by molar-refractivity contribution is 5.81. The van der Waals surface area contributed by atoms with E-state index in [1.54, 1.807) is 0 Å². The lowest BCUT2D eigenvalue weighted by molar-refractivity contribution is -0.123. The van der Waals surface area contributed by atoms with Gasteiger partial charge in [-0.3, -0.25) is 14.8 Å². The van der Waals surface area contributed by atoms with Gasteiger partial charge in [-0.05, 0) is 33.6 Å². The molecule has 0 aliphatic heterocycles. The third-order valence-corrected chi connectivity index (χ3v) is 3.58. The molecular formula is C15H28N4O. The van der Waals surface area contributed by atoms with E-state index in [4.69, 9.17) is 0 Å². The minimum absolute atomic E-state index is 0.0461. The molecule has 0 aliphatic carbocycles. The molecule has 0 radical (unpaired) electrons. The zero-order valence-electron chi connectivity index (χ0n) is 13.7. The summed E-state index contributed by atoms with van der Waals surface area (Å²) in [6.07, 6.45) is 0. The van der Waals surface area contributed by atoms with Crippen LogP contribution in [0.3, 0.4) is 0 Å². The summed E-state index contributed by atoms with van der Waals surface area (Å²) >= 11 is 0. The van der Waals surface area contributed by atoms with Gasteiger partial charge in [-0.15, -0.1) is 0 Å². The Kier molecular flexibility index (Phi) is 5.74. The smallest absolute Gasteiger partial charge is 0.236 e. The van der Waals surface area contributed by atoms with Crippen LogP contribution in [-0.4, -0.2) is 28.3 Å². The molecule has 2 atom stereocenters. The van der Waals surface area contributed by atoms with Crippen LogP contribution >= 0.6 is 0 Å². The predicted molar refractivity (Wildman–Crippen MR) is 81.5 cm³/mol. The van der Waals surface area contributed by atoms with E-state index in [0.29, 0.717) is 12.5 Å². The molecule has 1 heterocycles. The minimum atomic E-state index is -0.220. The van der Waals surface area contributed by atoms with Gasteiger partial charge >= 0.3 is 0 Å². The summed E-state index contributed by atoms with van der Waals surface area (Å²) in [6, 6.07) is -0.119. The monoisotopic (exact) mass is 280 g/mol. The topological polar surface area (TPSA) is 59.0 Å². The third kappa shape index (κ3) is 4.07. The fraction of sp³-hybridized carbons (Fsp3) is 0.733. The van der Waals surface area contributed by atoms with Crippen LogP contribution in [0.15, 0.2) is 0 Å². The van der Waals surface area contributed by atoms with E-state index >= 15 is 0 Å². The van der Waals surface area contributed by atoms with Crippen molar-refractivity contribution < 1.29 is 4.79 Å². The maximum Gasteiger partial charge on any atom is 0.236 e. The molecule has 0 bridgehead atoms. The van der Waals surface area contributed by atoms with Crippen molar-refractivity contribution in [3.8, 4) is 0 Å². The van der Waals surface area contributed by atoms with Crippen molar-refractivity contribution in [2.75, 3.05) is 6.54 Å². The van der Waals surface area contributed by atoms with Gasteiger partial charge < -0.3 is 5.32 Å². The summed E-state index contributed by atoms with van der Waals surface area (Å²) in [7, 11) is 1.94. The Bertz CT molecular complexity index is 465. The zero-order valence-corrected chi connectivity index (χ0v) is 13.7. The molecule has 1 rings (SSSR count). The van der Waals surface area contributed by atoms with Crippen molar-refractivity contribution in [3.63, 3.8) is 0 Å². The molecule has 1 aromatic heterocycles. The first-order valence-electron chi connectivity index (χ1n) is 7.27. The van der Waals surface area contributed by atoms with Crippen molar-refractivity contribution in [2.45, 2.75) is 53.6 Å². The van der Waals surface area contributed by atoms with Crippen molar-refractivity contribution in [1.82, 2.24) is 20.4 Å². The number of hydrogen-bond acceptors (Lipinski definition) is 3. The first-order chi connectivity index (χ1) is 9.23. The first-order valence-corrected chi connectivity index (χ1v) is 7.27. The molecule has 1 aromatic rings. The van der Waals surface area contributed by atoms with Crippen molar-refractivity contribution in [2.24, 2.45) is 13.0 Å². The molecule has 114 valence electrons. The Labute approximate surface area is 122 Å². The standard InChI is InChI=1S/C15H28N4O/c1-9(2)8-16-15(20)12(5)17-10(3)14-11(4)18-19(7)13(14)6/h9-10,12,17H,8H2,1-7H3,(H,16,20). The largest absolute Gasteiger partial charge is 0.354 e. The number of rotatable bonds is 6. The summed E-state index contributed by atoms with van der Waals surface area (Å²) in [5.41, 5.74) is 3.33. The van der Waals surface area contributed by atoms with Gasteiger partial charge in [0.25, 0.3) is 0 Å². The molecule has 20 heavy (non-hydrogen) atoms. The Morgan fingerprint density at radius 2 is 1.85 bits per heavy atom. The van der Waals surface area contributed by atoms with Crippen LogP contribution in [0.1, 0.15) is 50.7 Å². The molecule has 0 aliphatic rings. The molecule has 0 spiro atoms. The number of aromatic nitrogens is 2. The van der Waals surface area contributed by atoms with E-state index in [1.807, 2.05) is 25.6 Å². The lowest BCUT2D eigenvalue weighted by Gasteiger charge is -2.20. The first kappa shape index (κ1) is 16.7. The van der Waals surface area contributed by atoms with Gasteiger partial charge in [-0.25, -0.2) is 0 Å². The predicted octanol–water partition coefficient (Wildman–Crippen LogP) is 1.85. The number of carbonyl (C=O) groups is 1. The molecule has 2 N–H and O–H groups in total. The quantitative estimate of drug-likeness (QED) is 0.836. The summed E-state index contributed by atoms with van der Waals surface area (Å²) < 4.78 is 1.88. The van der Waals surface area contributed by atoms with E-state index < -0.39 is 0 Å². The van der Waals surface area contributed by atoms with Gasteiger partial charge in [0, 0.05) is 30.9 Å². The minimum Gasteiger partial charge on any atom is -0.354 e. The lowest BCUT2D eigenvalue weighted by Crippen LogP contribution is -2.44. The Hall–Kier alpha value is -1.36. The number of amides is 1. The molecule has 0 fully saturated rings. The lowest BCUT2D eigenvalue weighted by atomic mass is 10.1. The molecule has 0 aromatic carbocycles. The highest BCUT2D eigenvalue weighted by atomic mass is 16.2. The van der Waals surface area contributed by atoms with E-state index in [1.165, 1.54) is 5.56 Å². The highest BCUT2D eigenvalue weighted by Gasteiger charge is 2.20. The van der Waals surface area contributed by atoms with Crippen LogP contribution in [-0.2, 0) is 11.8 Å². The Balaban J connectivity index is 2.65. The molecule has 5 nitrogen and oxygen atoms in total. The van der Waals surface area contributed by atoms with Crippen molar-refractivity contribution in [1.29, 1.82) is 0 Å². The van der Waals surface area contributed by atoms with Crippen LogP contribution in [0.2, 0.25) is 0 Å². The van der Waals surface area contributed by atoms with E-state index in [2.05, 4.69) is 43.4 Å². The second kappa shape index (κ2) is 6.88. The maximum absolute atomic E-state index is 12.0. The number of carbonyl (C=O) groups excluding carboxylic acids is 1. The second-order valence-corrected chi connectivity index (χ2v) is 5.96. The molecule has 0 saturated heterocycles. The zero-order chi connectivity index (χ0) is 15.4. The average molecular weight is 280 g/mol. The Morgan fingerprint density at radius 1 is 1.25 bits per heavy atom. The summed E-state index contributed by atoms with van der Waals surface area (Å²) in [5, 5.41) is 10.7. The fourth-order valence-electron chi connectivity index (χ4n) is 2.41. The summed E-state index contributed by atoms with van der Waals surface area (Å²) in [4.78, 5) is 12.0. The molecular weight excluding hydrogens is 252 g/mol. The highest BCUT2D eigenvalue weighted by Crippen LogP contribution is 2.20. The van der Waals surface area contributed by atoms with E-state index in [-0.39, 0.29) is 18.0 Å². The van der Waals surface area contributed by atoms with Crippen LogP contribution < -0.4 is 10.6 Å². The van der Waals surface area contributed by atoms with Gasteiger partial charge in [0.1, 0.15) is 0 Å². The van der Waals surface area contributed by atoms with Crippen LogP contribution in [0.25, 0.3) is 0 Å². The fourth-order valence-corrected chi connectivity index (χ4v) is 2.41. The number of aryl methyl sites for hydroxylation is 2. The van der Waals surface area contributed by atoms with Gasteiger partial charge in [0.05, 0.1) is 11.7 Å². The van der Waals surface area contributed by atoms with Gasteiger partial charge in [-0.2, -0.15) is 5.10 Å². The van der Waals surface area contributed by atoms with Gasteiger partial charge in [0.2, 0.25) is 5.91 Å². The summed E-state index contributed by atoms with van der Waals surface area (Å²) in [6.45, 7) is 12.9. The number of hydrogen-bond donors (Lipinski definition) is 2. The SMILES string of the molecule is Cc1nn(C)c(C)c1C(C)NC(C)C(=O)NCC(C)C. The molecule has 1 amide bonds. The number of nitrogens with zero attached hydrogens (tertiary/aromatic N) is 2. The molecule has 2 unspecified atom stereocenters. The van der Waals surface area contributed by atoms with Crippen LogP contribution in [0, 0.1) is 19.8 Å². The number of nitrogens with one attached hydrogen (secondary N) is 2. The maximum atomic E-state index is 12.0.